The number of amides is 1. The second kappa shape index (κ2) is 9.38. The van der Waals surface area contributed by atoms with E-state index in [9.17, 15) is 14.9 Å². The van der Waals surface area contributed by atoms with Crippen LogP contribution in [0.2, 0.25) is 0 Å². The van der Waals surface area contributed by atoms with Crippen molar-refractivity contribution < 1.29 is 9.72 Å². The summed E-state index contributed by atoms with van der Waals surface area (Å²) < 4.78 is -1.99. The number of benzene rings is 2. The van der Waals surface area contributed by atoms with Gasteiger partial charge in [-0.15, -0.1) is 0 Å². The number of hydrogen-bond donors (Lipinski definition) is 3. The van der Waals surface area contributed by atoms with Crippen molar-refractivity contribution in [2.75, 3.05) is 5.32 Å². The lowest BCUT2D eigenvalue weighted by Gasteiger charge is -2.27. The fourth-order valence-electron chi connectivity index (χ4n) is 2.25. The van der Waals surface area contributed by atoms with Crippen LogP contribution in [0.25, 0.3) is 0 Å². The smallest absolute Gasteiger partial charge is 0.282 e. The molecule has 0 fully saturated rings. The van der Waals surface area contributed by atoms with Crippen LogP contribution in [0.1, 0.15) is 15.9 Å². The number of nitro benzene ring substituents is 1. The van der Waals surface area contributed by atoms with Crippen molar-refractivity contribution in [1.29, 1.82) is 0 Å². The molecule has 2 aromatic carbocycles. The quantitative estimate of drug-likeness (QED) is 0.202. The van der Waals surface area contributed by atoms with E-state index in [0.717, 1.165) is 5.56 Å². The second-order valence-corrected chi connectivity index (χ2v) is 8.47. The lowest BCUT2D eigenvalue weighted by Crippen LogP contribution is -2.56. The lowest BCUT2D eigenvalue weighted by atomic mass is 10.1. The summed E-state index contributed by atoms with van der Waals surface area (Å²) in [5.74, 6) is -0.797. The highest BCUT2D eigenvalue weighted by Crippen LogP contribution is 2.30. The number of alkyl halides is 3. The first-order valence-corrected chi connectivity index (χ1v) is 9.37. The Balaban J connectivity index is 2.15. The number of para-hydroxylation sites is 1. The molecule has 0 aliphatic rings. The lowest BCUT2D eigenvalue weighted by molar-refractivity contribution is -0.385. The zero-order valence-corrected chi connectivity index (χ0v) is 17.5. The summed E-state index contributed by atoms with van der Waals surface area (Å²) in [4.78, 5) is 23.0. The van der Waals surface area contributed by atoms with Gasteiger partial charge in [-0.3, -0.25) is 14.9 Å². The molecular weight excluding hydrogens is 447 g/mol. The number of carbonyl (C=O) groups is 1. The Morgan fingerprint density at radius 1 is 1.14 bits per heavy atom. The predicted molar refractivity (Wildman–Crippen MR) is 115 cm³/mol. The van der Waals surface area contributed by atoms with Gasteiger partial charge in [-0.05, 0) is 42.9 Å². The molecule has 7 nitrogen and oxygen atoms in total. The monoisotopic (exact) mass is 460 g/mol. The average Bonchev–Trinajstić information content (AvgIpc) is 2.60. The van der Waals surface area contributed by atoms with E-state index >= 15 is 0 Å². The first kappa shape index (κ1) is 22.2. The Kier molecular flexibility index (Phi) is 7.42. The molecule has 28 heavy (non-hydrogen) atoms. The van der Waals surface area contributed by atoms with Crippen molar-refractivity contribution in [2.24, 2.45) is 0 Å². The van der Waals surface area contributed by atoms with E-state index in [-0.39, 0.29) is 16.4 Å². The fourth-order valence-corrected chi connectivity index (χ4v) is 2.82. The Morgan fingerprint density at radius 3 is 2.43 bits per heavy atom. The molecular formula is C17H15Cl3N4O3S. The zero-order valence-electron chi connectivity index (χ0n) is 14.4. The summed E-state index contributed by atoms with van der Waals surface area (Å²) in [5, 5.41) is 19.2. The number of nitrogens with one attached hydrogen (secondary N) is 3. The average molecular weight is 462 g/mol. The number of hydrogen-bond acceptors (Lipinski definition) is 4. The van der Waals surface area contributed by atoms with Crippen LogP contribution in [0.3, 0.4) is 0 Å². The van der Waals surface area contributed by atoms with E-state index in [1.807, 2.05) is 25.1 Å². The second-order valence-electron chi connectivity index (χ2n) is 5.69. The van der Waals surface area contributed by atoms with Gasteiger partial charge < -0.3 is 16.0 Å². The molecule has 2 rings (SSSR count). The summed E-state index contributed by atoms with van der Waals surface area (Å²) in [6.07, 6.45) is -1.25. The maximum atomic E-state index is 12.5. The summed E-state index contributed by atoms with van der Waals surface area (Å²) in [5.41, 5.74) is 1.16. The largest absolute Gasteiger partial charge is 0.339 e. The highest BCUT2D eigenvalue weighted by Gasteiger charge is 2.36. The van der Waals surface area contributed by atoms with Crippen LogP contribution >= 0.6 is 47.0 Å². The van der Waals surface area contributed by atoms with Gasteiger partial charge in [-0.25, -0.2) is 0 Å². The molecule has 3 N–H and O–H groups in total. The van der Waals surface area contributed by atoms with Gasteiger partial charge in [0.05, 0.1) is 4.92 Å². The van der Waals surface area contributed by atoms with Crippen molar-refractivity contribution >= 4 is 69.4 Å². The van der Waals surface area contributed by atoms with Crippen LogP contribution in [0, 0.1) is 17.0 Å². The summed E-state index contributed by atoms with van der Waals surface area (Å²) in [6.45, 7) is 1.92. The van der Waals surface area contributed by atoms with Gasteiger partial charge in [-0.1, -0.05) is 59.1 Å². The molecule has 0 bridgehead atoms. The molecule has 148 valence electrons. The molecule has 0 saturated carbocycles. The number of rotatable bonds is 5. The zero-order chi connectivity index (χ0) is 20.9. The minimum atomic E-state index is -1.99. The van der Waals surface area contributed by atoms with Crippen LogP contribution in [0.15, 0.2) is 48.5 Å². The summed E-state index contributed by atoms with van der Waals surface area (Å²) >= 11 is 23.0. The predicted octanol–water partition coefficient (Wildman–Crippen LogP) is 4.32. The molecule has 0 radical (unpaired) electrons. The molecule has 0 heterocycles. The molecule has 1 amide bonds. The number of thiocarbonyl (C=S) groups is 1. The van der Waals surface area contributed by atoms with Crippen molar-refractivity contribution in [1.82, 2.24) is 10.6 Å². The normalized spacial score (nSPS) is 12.0. The van der Waals surface area contributed by atoms with Gasteiger partial charge in [0.2, 0.25) is 3.79 Å². The van der Waals surface area contributed by atoms with E-state index in [4.69, 9.17) is 47.0 Å². The number of halogens is 3. The van der Waals surface area contributed by atoms with Gasteiger partial charge in [0, 0.05) is 11.8 Å². The van der Waals surface area contributed by atoms with Crippen molar-refractivity contribution in [3.8, 4) is 0 Å². The molecule has 0 aromatic heterocycles. The van der Waals surface area contributed by atoms with Crippen molar-refractivity contribution in [2.45, 2.75) is 16.9 Å². The topological polar surface area (TPSA) is 96.3 Å². The van der Waals surface area contributed by atoms with Gasteiger partial charge in [0.25, 0.3) is 11.6 Å². The van der Waals surface area contributed by atoms with Crippen LogP contribution in [-0.4, -0.2) is 25.9 Å². The maximum absolute atomic E-state index is 12.5. The van der Waals surface area contributed by atoms with E-state index in [0.29, 0.717) is 5.69 Å². The third-order valence-corrected chi connectivity index (χ3v) is 4.37. The molecule has 11 heteroatoms. The van der Waals surface area contributed by atoms with Crippen molar-refractivity contribution in [3.63, 3.8) is 0 Å². The van der Waals surface area contributed by atoms with E-state index in [1.54, 1.807) is 6.07 Å². The van der Waals surface area contributed by atoms with E-state index < -0.39 is 20.8 Å². The first-order valence-electron chi connectivity index (χ1n) is 7.83. The first-order chi connectivity index (χ1) is 13.1. The minimum Gasteiger partial charge on any atom is -0.339 e. The van der Waals surface area contributed by atoms with E-state index in [1.165, 1.54) is 24.3 Å². The number of anilines is 1. The Bertz CT molecular complexity index is 905. The Labute approximate surface area is 181 Å². The van der Waals surface area contributed by atoms with Crippen LogP contribution < -0.4 is 16.0 Å². The Morgan fingerprint density at radius 2 is 1.82 bits per heavy atom. The standard InChI is InChI=1S/C17H15Cl3N4O3S/c1-10-5-4-6-11(9-10)21-16(28)23-15(17(18,19)20)22-14(25)12-7-2-3-8-13(12)24(26)27/h2-9,15H,1H3,(H,22,25)(H2,21,23,28)/t15-/m0/s1. The van der Waals surface area contributed by atoms with Gasteiger partial charge >= 0.3 is 0 Å². The highest BCUT2D eigenvalue weighted by molar-refractivity contribution is 7.80. The van der Waals surface area contributed by atoms with Gasteiger partial charge in [-0.2, -0.15) is 0 Å². The van der Waals surface area contributed by atoms with Crippen LogP contribution in [-0.2, 0) is 0 Å². The van der Waals surface area contributed by atoms with Gasteiger partial charge in [0.1, 0.15) is 11.7 Å². The molecule has 0 spiro atoms. The minimum absolute atomic E-state index is 0.0878. The molecule has 1 atom stereocenters. The molecule has 0 aliphatic heterocycles. The number of aryl methyl sites for hydroxylation is 1. The van der Waals surface area contributed by atoms with Crippen LogP contribution in [0.5, 0.6) is 0 Å². The molecule has 0 unspecified atom stereocenters. The molecule has 0 aliphatic carbocycles. The third kappa shape index (κ3) is 6.20. The highest BCUT2D eigenvalue weighted by atomic mass is 35.6. The fraction of sp³-hybridized carbons (Fsp3) is 0.176. The van der Waals surface area contributed by atoms with Crippen molar-refractivity contribution in [3.05, 3.63) is 69.8 Å². The van der Waals surface area contributed by atoms with Crippen LogP contribution in [0.4, 0.5) is 11.4 Å². The van der Waals surface area contributed by atoms with E-state index in [2.05, 4.69) is 16.0 Å². The maximum Gasteiger partial charge on any atom is 0.282 e. The van der Waals surface area contributed by atoms with Gasteiger partial charge in [0.15, 0.2) is 5.11 Å². The Hall–Kier alpha value is -2.13. The SMILES string of the molecule is Cc1cccc(NC(=S)N[C@H](NC(=O)c2ccccc2[N+](=O)[O-])C(Cl)(Cl)Cl)c1. The molecule has 0 saturated heterocycles. The summed E-state index contributed by atoms with van der Waals surface area (Å²) in [6, 6.07) is 12.8. The number of nitrogens with zero attached hydrogens (tertiary/aromatic N) is 1. The molecule has 2 aromatic rings. The summed E-state index contributed by atoms with van der Waals surface area (Å²) in [7, 11) is 0. The number of nitro groups is 1. The number of carbonyl (C=O) groups excluding carboxylic acids is 1. The third-order valence-electron chi connectivity index (χ3n) is 3.50.